The number of hydrogen-bond acceptors (Lipinski definition) is 5. The monoisotopic (exact) mass is 475 g/mol. The summed E-state index contributed by atoms with van der Waals surface area (Å²) in [6, 6.07) is 10.00. The normalized spacial score (nSPS) is 13.3. The first-order valence-corrected chi connectivity index (χ1v) is 12.6. The molecule has 0 spiro atoms. The van der Waals surface area contributed by atoms with E-state index in [2.05, 4.69) is 10.1 Å². The van der Waals surface area contributed by atoms with E-state index >= 15 is 0 Å². The number of carbonyl (C=O) groups is 1. The van der Waals surface area contributed by atoms with Crippen molar-refractivity contribution in [2.24, 2.45) is 0 Å². The molecule has 176 valence electrons. The number of nitrogens with zero attached hydrogens (tertiary/aromatic N) is 4. The molecule has 1 aliphatic carbocycles. The number of para-hydroxylation sites is 1. The van der Waals surface area contributed by atoms with Crippen LogP contribution >= 0.6 is 11.3 Å². The topological polar surface area (TPSA) is 83.9 Å². The van der Waals surface area contributed by atoms with Crippen molar-refractivity contribution >= 4 is 27.5 Å². The first kappa shape index (κ1) is 22.5. The Kier molecular flexibility index (Phi) is 6.08. The average Bonchev–Trinajstić information content (AvgIpc) is 3.35. The molecular formula is C26H29N5O2S. The van der Waals surface area contributed by atoms with Crippen LogP contribution in [0.15, 0.2) is 35.1 Å². The largest absolute Gasteiger partial charge is 0.341 e. The minimum atomic E-state index is -0.0696. The van der Waals surface area contributed by atoms with Crippen LogP contribution in [0.2, 0.25) is 0 Å². The van der Waals surface area contributed by atoms with E-state index in [0.717, 1.165) is 52.1 Å². The minimum absolute atomic E-state index is 0.0134. The first-order chi connectivity index (χ1) is 16.4. The van der Waals surface area contributed by atoms with Crippen molar-refractivity contribution in [3.63, 3.8) is 0 Å². The van der Waals surface area contributed by atoms with Crippen molar-refractivity contribution < 1.29 is 4.79 Å². The number of aromatic nitrogens is 4. The summed E-state index contributed by atoms with van der Waals surface area (Å²) in [5.41, 5.74) is 5.12. The molecule has 3 aromatic heterocycles. The molecule has 0 saturated carbocycles. The van der Waals surface area contributed by atoms with Crippen LogP contribution in [0.5, 0.6) is 0 Å². The zero-order valence-corrected chi connectivity index (χ0v) is 20.7. The Morgan fingerprint density at radius 2 is 1.94 bits per heavy atom. The Bertz CT molecular complexity index is 1420. The Morgan fingerprint density at radius 1 is 1.18 bits per heavy atom. The molecule has 8 heteroatoms. The Balaban J connectivity index is 1.28. The molecule has 0 aliphatic heterocycles. The van der Waals surface area contributed by atoms with E-state index in [4.69, 9.17) is 4.98 Å². The molecule has 4 aromatic rings. The summed E-state index contributed by atoms with van der Waals surface area (Å²) in [6.45, 7) is 4.50. The molecule has 0 saturated heterocycles. The van der Waals surface area contributed by atoms with E-state index in [-0.39, 0.29) is 11.5 Å². The highest BCUT2D eigenvalue weighted by Crippen LogP contribution is 2.33. The number of hydrogen-bond donors (Lipinski definition) is 1. The van der Waals surface area contributed by atoms with Crippen LogP contribution in [-0.4, -0.2) is 37.6 Å². The van der Waals surface area contributed by atoms with Crippen molar-refractivity contribution in [2.75, 3.05) is 7.05 Å². The lowest BCUT2D eigenvalue weighted by Crippen LogP contribution is -2.27. The summed E-state index contributed by atoms with van der Waals surface area (Å²) in [5, 5.41) is 5.44. The highest BCUT2D eigenvalue weighted by atomic mass is 32.1. The summed E-state index contributed by atoms with van der Waals surface area (Å²) in [7, 11) is 1.81. The summed E-state index contributed by atoms with van der Waals surface area (Å²) < 4.78 is 1.92. The predicted molar refractivity (Wildman–Crippen MR) is 135 cm³/mol. The van der Waals surface area contributed by atoms with Crippen molar-refractivity contribution in [3.05, 3.63) is 73.9 Å². The third-order valence-corrected chi connectivity index (χ3v) is 7.90. The van der Waals surface area contributed by atoms with Gasteiger partial charge in [0.2, 0.25) is 5.91 Å². The van der Waals surface area contributed by atoms with Gasteiger partial charge in [0.1, 0.15) is 10.7 Å². The third kappa shape index (κ3) is 4.18. The zero-order valence-electron chi connectivity index (χ0n) is 19.9. The number of carbonyl (C=O) groups excluding carboxylic acids is 1. The van der Waals surface area contributed by atoms with E-state index in [1.807, 2.05) is 55.9 Å². The molecule has 0 fully saturated rings. The van der Waals surface area contributed by atoms with Gasteiger partial charge < -0.3 is 9.88 Å². The fourth-order valence-corrected chi connectivity index (χ4v) is 6.07. The molecule has 1 aliphatic rings. The molecular weight excluding hydrogens is 446 g/mol. The van der Waals surface area contributed by atoms with Gasteiger partial charge in [-0.3, -0.25) is 9.59 Å². The minimum Gasteiger partial charge on any atom is -0.341 e. The molecule has 1 aromatic carbocycles. The van der Waals surface area contributed by atoms with Crippen LogP contribution in [-0.2, 0) is 30.6 Å². The standard InChI is InChI=1S/C26H29N5O2S/c1-16-20(17(2)31(29-16)18-9-5-4-6-10-18)15-30(3)23(32)14-13-22-27-25(33)24-19-11-7-8-12-21(19)34-26(24)28-22/h4-6,9-10H,7-8,11-15H2,1-3H3,(H,27,28,33). The second-order valence-electron chi connectivity index (χ2n) is 9.05. The van der Waals surface area contributed by atoms with E-state index < -0.39 is 0 Å². The molecule has 5 rings (SSSR count). The summed E-state index contributed by atoms with van der Waals surface area (Å²) in [6.07, 6.45) is 5.01. The van der Waals surface area contributed by atoms with Gasteiger partial charge in [-0.15, -0.1) is 11.3 Å². The maximum absolute atomic E-state index is 12.9. The second kappa shape index (κ2) is 9.18. The number of rotatable bonds is 6. The molecule has 7 nitrogen and oxygen atoms in total. The van der Waals surface area contributed by atoms with E-state index in [1.165, 1.54) is 16.9 Å². The van der Waals surface area contributed by atoms with Gasteiger partial charge in [0.25, 0.3) is 5.56 Å². The quantitative estimate of drug-likeness (QED) is 0.452. The second-order valence-corrected chi connectivity index (χ2v) is 10.1. The van der Waals surface area contributed by atoms with Crippen LogP contribution in [0, 0.1) is 13.8 Å². The average molecular weight is 476 g/mol. The summed E-state index contributed by atoms with van der Waals surface area (Å²) in [4.78, 5) is 37.1. The fraction of sp³-hybridized carbons (Fsp3) is 0.385. The Hall–Kier alpha value is -3.26. The first-order valence-electron chi connectivity index (χ1n) is 11.8. The van der Waals surface area contributed by atoms with Gasteiger partial charge >= 0.3 is 0 Å². The molecule has 0 bridgehead atoms. The number of fused-ring (bicyclic) bond motifs is 3. The lowest BCUT2D eigenvalue weighted by atomic mass is 9.97. The number of thiophene rings is 1. The SMILES string of the molecule is Cc1nn(-c2ccccc2)c(C)c1CN(C)C(=O)CCc1nc2sc3c(c2c(=O)[nH]1)CCCC3. The van der Waals surface area contributed by atoms with E-state index in [0.29, 0.717) is 25.2 Å². The number of nitrogens with one attached hydrogen (secondary N) is 1. The lowest BCUT2D eigenvalue weighted by molar-refractivity contribution is -0.130. The van der Waals surface area contributed by atoms with Crippen molar-refractivity contribution in [1.29, 1.82) is 0 Å². The van der Waals surface area contributed by atoms with Crippen LogP contribution in [0.1, 0.15) is 52.5 Å². The molecule has 0 atom stereocenters. The molecule has 1 amide bonds. The van der Waals surface area contributed by atoms with Crippen LogP contribution < -0.4 is 5.56 Å². The van der Waals surface area contributed by atoms with E-state index in [1.54, 1.807) is 16.2 Å². The van der Waals surface area contributed by atoms with Gasteiger partial charge in [0, 0.05) is 42.6 Å². The van der Waals surface area contributed by atoms with E-state index in [9.17, 15) is 9.59 Å². The smallest absolute Gasteiger partial charge is 0.259 e. The summed E-state index contributed by atoms with van der Waals surface area (Å²) in [5.74, 6) is 0.599. The van der Waals surface area contributed by atoms with Gasteiger partial charge in [-0.25, -0.2) is 9.67 Å². The third-order valence-electron chi connectivity index (χ3n) is 6.71. The molecule has 0 unspecified atom stereocenters. The van der Waals surface area contributed by atoms with Gasteiger partial charge in [-0.2, -0.15) is 5.10 Å². The number of aromatic amines is 1. The van der Waals surface area contributed by atoms with Crippen LogP contribution in [0.4, 0.5) is 0 Å². The van der Waals surface area contributed by atoms with Gasteiger partial charge in [0.15, 0.2) is 0 Å². The zero-order chi connectivity index (χ0) is 23.8. The maximum atomic E-state index is 12.9. The highest BCUT2D eigenvalue weighted by Gasteiger charge is 2.21. The van der Waals surface area contributed by atoms with Gasteiger partial charge in [-0.05, 0) is 57.2 Å². The number of aryl methyl sites for hydroxylation is 4. The Morgan fingerprint density at radius 3 is 2.74 bits per heavy atom. The number of amides is 1. The van der Waals surface area contributed by atoms with Crippen molar-refractivity contribution in [1.82, 2.24) is 24.6 Å². The maximum Gasteiger partial charge on any atom is 0.259 e. The highest BCUT2D eigenvalue weighted by molar-refractivity contribution is 7.18. The Labute approximate surface area is 202 Å². The van der Waals surface area contributed by atoms with Gasteiger partial charge in [0.05, 0.1) is 16.8 Å². The number of benzene rings is 1. The molecule has 0 radical (unpaired) electrons. The van der Waals surface area contributed by atoms with Gasteiger partial charge in [-0.1, -0.05) is 18.2 Å². The van der Waals surface area contributed by atoms with Crippen molar-refractivity contribution in [3.8, 4) is 5.69 Å². The summed E-state index contributed by atoms with van der Waals surface area (Å²) >= 11 is 1.64. The number of H-pyrrole nitrogens is 1. The lowest BCUT2D eigenvalue weighted by Gasteiger charge is -2.17. The molecule has 3 heterocycles. The molecule has 34 heavy (non-hydrogen) atoms. The van der Waals surface area contributed by atoms with Crippen LogP contribution in [0.25, 0.3) is 15.9 Å². The fourth-order valence-electron chi connectivity index (χ4n) is 4.79. The predicted octanol–water partition coefficient (Wildman–Crippen LogP) is 4.26. The van der Waals surface area contributed by atoms with Crippen LogP contribution in [0.3, 0.4) is 0 Å². The van der Waals surface area contributed by atoms with Crippen molar-refractivity contribution in [2.45, 2.75) is 58.9 Å². The molecule has 1 N–H and O–H groups in total.